The molecule has 2 aromatic rings. The fraction of sp³-hybridized carbons (Fsp3) is 0.353. The Kier molecular flexibility index (Phi) is 4.70. The summed E-state index contributed by atoms with van der Waals surface area (Å²) >= 11 is 0. The zero-order valence-electron chi connectivity index (χ0n) is 13.8. The lowest BCUT2D eigenvalue weighted by molar-refractivity contribution is 0.655. The number of hydrogen-bond acceptors (Lipinski definition) is 4. The minimum absolute atomic E-state index is 0.00923. The summed E-state index contributed by atoms with van der Waals surface area (Å²) in [6.45, 7) is 5.04. The minimum atomic E-state index is -0.561. The van der Waals surface area contributed by atoms with Gasteiger partial charge in [-0.2, -0.15) is 5.26 Å². The molecule has 120 valence electrons. The van der Waals surface area contributed by atoms with Gasteiger partial charge in [-0.3, -0.25) is 13.9 Å². The van der Waals surface area contributed by atoms with Crippen molar-refractivity contribution in [3.05, 3.63) is 61.8 Å². The second-order valence-corrected chi connectivity index (χ2v) is 5.46. The first-order chi connectivity index (χ1) is 10.9. The van der Waals surface area contributed by atoms with Crippen LogP contribution in [0.3, 0.4) is 0 Å². The number of nitriles is 1. The van der Waals surface area contributed by atoms with Crippen molar-refractivity contribution < 1.29 is 0 Å². The molecule has 1 aromatic carbocycles. The number of aromatic nitrogens is 2. The summed E-state index contributed by atoms with van der Waals surface area (Å²) in [5, 5.41) is 9.40. The van der Waals surface area contributed by atoms with Crippen molar-refractivity contribution >= 4 is 5.82 Å². The van der Waals surface area contributed by atoms with Crippen molar-refractivity contribution in [2.45, 2.75) is 20.4 Å². The number of nitrogens with zero attached hydrogens (tertiary/aromatic N) is 4. The van der Waals surface area contributed by atoms with E-state index in [1.54, 1.807) is 7.05 Å². The van der Waals surface area contributed by atoms with Gasteiger partial charge in [0.2, 0.25) is 0 Å². The molecule has 1 heterocycles. The largest absolute Gasteiger partial charge is 0.353 e. The van der Waals surface area contributed by atoms with Crippen LogP contribution < -0.4 is 16.1 Å². The maximum atomic E-state index is 12.2. The molecule has 6 nitrogen and oxygen atoms in total. The molecule has 0 saturated carbocycles. The third-order valence-electron chi connectivity index (χ3n) is 4.05. The molecule has 0 fully saturated rings. The molecule has 1 aromatic heterocycles. The van der Waals surface area contributed by atoms with Crippen molar-refractivity contribution in [3.8, 4) is 6.07 Å². The number of hydrogen-bond donors (Lipinski definition) is 0. The average Bonchev–Trinajstić information content (AvgIpc) is 2.56. The van der Waals surface area contributed by atoms with E-state index in [1.165, 1.54) is 11.6 Å². The van der Waals surface area contributed by atoms with Crippen molar-refractivity contribution in [2.24, 2.45) is 14.1 Å². The summed E-state index contributed by atoms with van der Waals surface area (Å²) in [6, 6.07) is 9.88. The highest BCUT2D eigenvalue weighted by atomic mass is 16.2. The lowest BCUT2D eigenvalue weighted by atomic mass is 10.1. The van der Waals surface area contributed by atoms with Crippen molar-refractivity contribution in [2.75, 3.05) is 11.4 Å². The van der Waals surface area contributed by atoms with E-state index in [9.17, 15) is 14.9 Å². The zero-order valence-corrected chi connectivity index (χ0v) is 13.8. The SMILES string of the molecule is CCN(Cc1ccccc1C)c1c(C#N)c(=O)n(C)c(=O)n1C. The Balaban J connectivity index is 2.64. The summed E-state index contributed by atoms with van der Waals surface area (Å²) in [4.78, 5) is 26.3. The van der Waals surface area contributed by atoms with Crippen LogP contribution in [0.2, 0.25) is 0 Å². The predicted molar refractivity (Wildman–Crippen MR) is 89.5 cm³/mol. The Morgan fingerprint density at radius 1 is 1.17 bits per heavy atom. The van der Waals surface area contributed by atoms with Gasteiger partial charge in [0.1, 0.15) is 11.9 Å². The van der Waals surface area contributed by atoms with Gasteiger partial charge in [0.15, 0.2) is 5.56 Å². The highest BCUT2D eigenvalue weighted by molar-refractivity contribution is 5.54. The quantitative estimate of drug-likeness (QED) is 0.853. The molecular formula is C17H20N4O2. The number of benzene rings is 1. The Morgan fingerprint density at radius 2 is 1.83 bits per heavy atom. The maximum Gasteiger partial charge on any atom is 0.332 e. The zero-order chi connectivity index (χ0) is 17.1. The van der Waals surface area contributed by atoms with Gasteiger partial charge in [-0.25, -0.2) is 4.79 Å². The van der Waals surface area contributed by atoms with E-state index in [0.29, 0.717) is 18.9 Å². The molecule has 0 radical (unpaired) electrons. The molecule has 6 heteroatoms. The molecule has 0 aliphatic rings. The highest BCUT2D eigenvalue weighted by Crippen LogP contribution is 2.19. The summed E-state index contributed by atoms with van der Waals surface area (Å²) in [6.07, 6.45) is 0. The Hall–Kier alpha value is -2.81. The Bertz CT molecular complexity index is 887. The molecule has 0 amide bonds. The Labute approximate surface area is 134 Å². The van der Waals surface area contributed by atoms with E-state index in [0.717, 1.165) is 15.7 Å². The lowest BCUT2D eigenvalue weighted by Gasteiger charge is -2.26. The van der Waals surface area contributed by atoms with Crippen LogP contribution in [0, 0.1) is 18.3 Å². The van der Waals surface area contributed by atoms with E-state index in [-0.39, 0.29) is 5.56 Å². The molecule has 0 spiro atoms. The van der Waals surface area contributed by atoms with Gasteiger partial charge in [0.05, 0.1) is 0 Å². The second kappa shape index (κ2) is 6.53. The summed E-state index contributed by atoms with van der Waals surface area (Å²) < 4.78 is 2.32. The van der Waals surface area contributed by atoms with Crippen LogP contribution in [-0.2, 0) is 20.6 Å². The normalized spacial score (nSPS) is 10.4. The fourth-order valence-corrected chi connectivity index (χ4v) is 2.63. The van der Waals surface area contributed by atoms with Crippen LogP contribution in [-0.4, -0.2) is 15.7 Å². The lowest BCUT2D eigenvalue weighted by Crippen LogP contribution is -2.42. The summed E-state index contributed by atoms with van der Waals surface area (Å²) in [5.41, 5.74) is 1.20. The van der Waals surface area contributed by atoms with Gasteiger partial charge in [0, 0.05) is 27.2 Å². The first-order valence-electron chi connectivity index (χ1n) is 7.41. The summed E-state index contributed by atoms with van der Waals surface area (Å²) in [5.74, 6) is 0.367. The van der Waals surface area contributed by atoms with E-state index < -0.39 is 11.2 Å². The van der Waals surface area contributed by atoms with Gasteiger partial charge in [0.25, 0.3) is 5.56 Å². The number of aryl methyl sites for hydroxylation is 1. The fourth-order valence-electron chi connectivity index (χ4n) is 2.63. The van der Waals surface area contributed by atoms with Gasteiger partial charge >= 0.3 is 5.69 Å². The first kappa shape index (κ1) is 16.6. The monoisotopic (exact) mass is 312 g/mol. The third-order valence-corrected chi connectivity index (χ3v) is 4.05. The topological polar surface area (TPSA) is 71.0 Å². The maximum absolute atomic E-state index is 12.2. The minimum Gasteiger partial charge on any atom is -0.353 e. The van der Waals surface area contributed by atoms with E-state index in [1.807, 2.05) is 49.1 Å². The van der Waals surface area contributed by atoms with Crippen LogP contribution in [0.5, 0.6) is 0 Å². The van der Waals surface area contributed by atoms with Gasteiger partial charge in [-0.05, 0) is 25.0 Å². The number of anilines is 1. The first-order valence-corrected chi connectivity index (χ1v) is 7.41. The molecule has 23 heavy (non-hydrogen) atoms. The van der Waals surface area contributed by atoms with Gasteiger partial charge in [-0.1, -0.05) is 24.3 Å². The van der Waals surface area contributed by atoms with Crippen LogP contribution in [0.15, 0.2) is 33.9 Å². The summed E-state index contributed by atoms with van der Waals surface area (Å²) in [7, 11) is 2.96. The Morgan fingerprint density at radius 3 is 2.39 bits per heavy atom. The van der Waals surface area contributed by atoms with Gasteiger partial charge in [-0.15, -0.1) is 0 Å². The van der Waals surface area contributed by atoms with Crippen molar-refractivity contribution in [1.29, 1.82) is 5.26 Å². The molecule has 0 bridgehead atoms. The van der Waals surface area contributed by atoms with Gasteiger partial charge < -0.3 is 4.90 Å². The van der Waals surface area contributed by atoms with E-state index in [4.69, 9.17) is 0 Å². The second-order valence-electron chi connectivity index (χ2n) is 5.46. The van der Waals surface area contributed by atoms with Crippen LogP contribution in [0.25, 0.3) is 0 Å². The van der Waals surface area contributed by atoms with E-state index in [2.05, 4.69) is 0 Å². The molecular weight excluding hydrogens is 292 g/mol. The molecule has 0 atom stereocenters. The molecule has 0 aliphatic carbocycles. The van der Waals surface area contributed by atoms with E-state index >= 15 is 0 Å². The molecule has 0 aliphatic heterocycles. The average molecular weight is 312 g/mol. The van der Waals surface area contributed by atoms with Crippen molar-refractivity contribution in [3.63, 3.8) is 0 Å². The smallest absolute Gasteiger partial charge is 0.332 e. The van der Waals surface area contributed by atoms with Crippen LogP contribution in [0.4, 0.5) is 5.82 Å². The molecule has 0 N–H and O–H groups in total. The highest BCUT2D eigenvalue weighted by Gasteiger charge is 2.20. The van der Waals surface area contributed by atoms with Crippen LogP contribution >= 0.6 is 0 Å². The molecule has 0 unspecified atom stereocenters. The standard InChI is InChI=1S/C17H20N4O2/c1-5-21(11-13-9-7-6-8-12(13)2)15-14(10-18)16(22)20(4)17(23)19(15)3/h6-9H,5,11H2,1-4H3. The molecule has 0 saturated heterocycles. The third kappa shape index (κ3) is 2.90. The van der Waals surface area contributed by atoms with Crippen molar-refractivity contribution in [1.82, 2.24) is 9.13 Å². The molecule has 2 rings (SSSR count). The predicted octanol–water partition coefficient (Wildman–Crippen LogP) is 1.29. The number of rotatable bonds is 4. The van der Waals surface area contributed by atoms with Crippen LogP contribution in [0.1, 0.15) is 23.6 Å².